The lowest BCUT2D eigenvalue weighted by atomic mass is 9.90. The zero-order valence-corrected chi connectivity index (χ0v) is 26.5. The summed E-state index contributed by atoms with van der Waals surface area (Å²) in [5.74, 6) is -1.01. The molecular weight excluding hydrogens is 566 g/mol. The van der Waals surface area contributed by atoms with E-state index in [-0.39, 0.29) is 28.4 Å². The predicted molar refractivity (Wildman–Crippen MR) is 181 cm³/mol. The highest BCUT2D eigenvalue weighted by Gasteiger charge is 2.22. The van der Waals surface area contributed by atoms with E-state index < -0.39 is 5.97 Å². The van der Waals surface area contributed by atoms with Crippen LogP contribution in [0.3, 0.4) is 0 Å². The van der Waals surface area contributed by atoms with Crippen LogP contribution in [0.25, 0.3) is 33.4 Å². The lowest BCUT2D eigenvalue weighted by Crippen LogP contribution is -2.12. The van der Waals surface area contributed by atoms with Crippen LogP contribution in [0.5, 0.6) is 5.75 Å². The summed E-state index contributed by atoms with van der Waals surface area (Å²) in [7, 11) is 0. The zero-order valence-electron chi connectivity index (χ0n) is 26.5. The molecule has 0 saturated carbocycles. The maximum atomic E-state index is 12.7. The molecule has 7 heteroatoms. The maximum Gasteiger partial charge on any atom is 0.336 e. The number of aromatic carboxylic acids is 1. The fourth-order valence-electron chi connectivity index (χ4n) is 6.05. The lowest BCUT2D eigenvalue weighted by molar-refractivity contribution is -0.116. The van der Waals surface area contributed by atoms with Crippen LogP contribution in [0, 0.1) is 0 Å². The minimum atomic E-state index is -1.15. The Morgan fingerprint density at radius 2 is 1.31 bits per heavy atom. The van der Waals surface area contributed by atoms with Gasteiger partial charge in [0.05, 0.1) is 5.56 Å². The Bertz CT molecular complexity index is 1590. The Labute approximate surface area is 266 Å². The summed E-state index contributed by atoms with van der Waals surface area (Å²) in [5.41, 5.74) is 2.05. The van der Waals surface area contributed by atoms with Gasteiger partial charge in [0.15, 0.2) is 5.43 Å². The molecule has 1 amide bonds. The number of hydrogen-bond donors (Lipinski definition) is 3. The molecule has 0 atom stereocenters. The average Bonchev–Trinajstić information content (AvgIpc) is 3.01. The van der Waals surface area contributed by atoms with Crippen molar-refractivity contribution < 1.29 is 24.2 Å². The van der Waals surface area contributed by atoms with Crippen molar-refractivity contribution in [3.05, 3.63) is 70.4 Å². The Kier molecular flexibility index (Phi) is 13.0. The fourth-order valence-corrected chi connectivity index (χ4v) is 6.05. The molecule has 4 rings (SSSR count). The van der Waals surface area contributed by atoms with Crippen LogP contribution in [-0.2, 0) is 4.79 Å². The maximum absolute atomic E-state index is 12.7. The highest BCUT2D eigenvalue weighted by molar-refractivity contribution is 6.08. The molecule has 0 fully saturated rings. The number of aromatic hydroxyl groups is 1. The van der Waals surface area contributed by atoms with Crippen molar-refractivity contribution in [3.8, 4) is 28.2 Å². The first kappa shape index (κ1) is 33.8. The molecule has 45 heavy (non-hydrogen) atoms. The van der Waals surface area contributed by atoms with Crippen molar-refractivity contribution in [2.45, 2.75) is 110 Å². The van der Waals surface area contributed by atoms with Crippen LogP contribution in [0.1, 0.15) is 120 Å². The van der Waals surface area contributed by atoms with Crippen molar-refractivity contribution >= 4 is 28.5 Å². The Morgan fingerprint density at radius 1 is 0.711 bits per heavy atom. The summed E-state index contributed by atoms with van der Waals surface area (Å²) in [6.45, 7) is 2.26. The molecule has 0 saturated heterocycles. The molecule has 0 radical (unpaired) electrons. The molecule has 0 bridgehead atoms. The third kappa shape index (κ3) is 9.93. The van der Waals surface area contributed by atoms with Gasteiger partial charge in [0.2, 0.25) is 5.91 Å². The van der Waals surface area contributed by atoms with Gasteiger partial charge < -0.3 is 19.9 Å². The topological polar surface area (TPSA) is 117 Å². The summed E-state index contributed by atoms with van der Waals surface area (Å²) in [6.07, 6.45) is 19.3. The number of carboxylic acid groups (broad SMARTS) is 1. The molecule has 3 N–H and O–H groups in total. The van der Waals surface area contributed by atoms with Gasteiger partial charge in [0.1, 0.15) is 17.1 Å². The number of anilines is 1. The molecule has 0 spiro atoms. The van der Waals surface area contributed by atoms with Crippen LogP contribution in [0.15, 0.2) is 63.8 Å². The Balaban J connectivity index is 1.27. The van der Waals surface area contributed by atoms with E-state index in [4.69, 9.17) is 4.42 Å². The third-order valence-corrected chi connectivity index (χ3v) is 8.49. The first-order valence-electron chi connectivity index (χ1n) is 16.7. The minimum absolute atomic E-state index is 0.00727. The number of benzene rings is 3. The van der Waals surface area contributed by atoms with Crippen LogP contribution in [0.4, 0.5) is 5.69 Å². The average molecular weight is 614 g/mol. The summed E-state index contributed by atoms with van der Waals surface area (Å²) in [5, 5.41) is 23.6. The molecule has 1 heterocycles. The van der Waals surface area contributed by atoms with E-state index in [1.54, 1.807) is 24.3 Å². The minimum Gasteiger partial charge on any atom is -0.508 e. The highest BCUT2D eigenvalue weighted by atomic mass is 16.4. The van der Waals surface area contributed by atoms with E-state index in [0.29, 0.717) is 39.8 Å². The van der Waals surface area contributed by atoms with E-state index in [2.05, 4.69) is 12.2 Å². The summed E-state index contributed by atoms with van der Waals surface area (Å²) in [6, 6.07) is 13.8. The third-order valence-electron chi connectivity index (χ3n) is 8.49. The van der Waals surface area contributed by atoms with Gasteiger partial charge in [-0.1, -0.05) is 103 Å². The van der Waals surface area contributed by atoms with Gasteiger partial charge in [-0.25, -0.2) is 4.79 Å². The van der Waals surface area contributed by atoms with Gasteiger partial charge in [-0.2, -0.15) is 0 Å². The number of carboxylic acids is 1. The largest absolute Gasteiger partial charge is 0.508 e. The molecule has 2 aromatic rings. The number of carbonyl (C=O) groups is 2. The van der Waals surface area contributed by atoms with Gasteiger partial charge >= 0.3 is 5.97 Å². The van der Waals surface area contributed by atoms with Gasteiger partial charge in [0.25, 0.3) is 0 Å². The molecule has 0 unspecified atom stereocenters. The van der Waals surface area contributed by atoms with Crippen molar-refractivity contribution in [1.82, 2.24) is 0 Å². The van der Waals surface area contributed by atoms with Gasteiger partial charge in [-0.15, -0.1) is 0 Å². The number of amides is 1. The normalized spacial score (nSPS) is 11.3. The van der Waals surface area contributed by atoms with Crippen LogP contribution in [0.2, 0.25) is 0 Å². The fraction of sp³-hybridized carbons (Fsp3) is 0.447. The molecule has 1 aliphatic heterocycles. The number of fused-ring (bicyclic) bond motifs is 2. The second-order valence-corrected chi connectivity index (χ2v) is 12.1. The van der Waals surface area contributed by atoms with Gasteiger partial charge in [-0.3, -0.25) is 9.59 Å². The molecule has 1 aliphatic carbocycles. The van der Waals surface area contributed by atoms with E-state index in [1.807, 2.05) is 0 Å². The van der Waals surface area contributed by atoms with E-state index in [9.17, 15) is 24.6 Å². The lowest BCUT2D eigenvalue weighted by Gasteiger charge is -2.17. The van der Waals surface area contributed by atoms with Crippen molar-refractivity contribution in [2.24, 2.45) is 0 Å². The smallest absolute Gasteiger partial charge is 0.336 e. The van der Waals surface area contributed by atoms with E-state index >= 15 is 0 Å². The molecular formula is C38H47NO6. The molecule has 2 aromatic carbocycles. The number of hydrogen-bond acceptors (Lipinski definition) is 5. The summed E-state index contributed by atoms with van der Waals surface area (Å²) < 4.78 is 5.89. The second kappa shape index (κ2) is 17.4. The molecule has 2 aliphatic rings. The molecule has 7 nitrogen and oxygen atoms in total. The standard InChI is InChI=1S/C38H47NO6/c1-2-3-4-5-6-7-8-9-10-11-12-13-14-15-16-17-36(42)39-27-18-21-30(33(24-27)38(43)44)37-31-22-19-28(40)25-34(31)45-35-26-29(41)20-23-32(35)37/h18-26,40H,2-17H2,1H3,(H,39,42)(H,43,44). The number of rotatable bonds is 19. The van der Waals surface area contributed by atoms with Crippen LogP contribution < -0.4 is 10.7 Å². The summed E-state index contributed by atoms with van der Waals surface area (Å²) >= 11 is 0. The van der Waals surface area contributed by atoms with Gasteiger partial charge in [-0.05, 0) is 48.4 Å². The Hall–Kier alpha value is -4.13. The monoisotopic (exact) mass is 613 g/mol. The second-order valence-electron chi connectivity index (χ2n) is 12.1. The van der Waals surface area contributed by atoms with Crippen molar-refractivity contribution in [1.29, 1.82) is 0 Å². The van der Waals surface area contributed by atoms with E-state index in [1.165, 1.54) is 107 Å². The predicted octanol–water partition coefficient (Wildman–Crippen LogP) is 10.2. The quantitative estimate of drug-likeness (QED) is 0.0715. The summed E-state index contributed by atoms with van der Waals surface area (Å²) in [4.78, 5) is 37.1. The highest BCUT2D eigenvalue weighted by Crippen LogP contribution is 2.42. The van der Waals surface area contributed by atoms with Gasteiger partial charge in [0, 0.05) is 40.8 Å². The molecule has 240 valence electrons. The number of carbonyl (C=O) groups excluding carboxylic acids is 1. The van der Waals surface area contributed by atoms with Crippen molar-refractivity contribution in [2.75, 3.05) is 5.32 Å². The number of phenolic OH excluding ortho intramolecular Hbond substituents is 1. The van der Waals surface area contributed by atoms with E-state index in [0.717, 1.165) is 19.3 Å². The first-order valence-corrected chi connectivity index (χ1v) is 16.7. The number of unbranched alkanes of at least 4 members (excludes halogenated alkanes) is 14. The molecule has 0 aromatic heterocycles. The van der Waals surface area contributed by atoms with Crippen LogP contribution >= 0.6 is 0 Å². The van der Waals surface area contributed by atoms with Crippen molar-refractivity contribution in [3.63, 3.8) is 0 Å². The number of nitrogens with one attached hydrogen (secondary N) is 1. The number of phenols is 1. The zero-order chi connectivity index (χ0) is 32.0. The SMILES string of the molecule is CCCCCCCCCCCCCCCCCC(=O)Nc1ccc(-c2c3ccc(=O)cc-3oc3cc(O)ccc23)c(C(=O)O)c1. The Morgan fingerprint density at radius 3 is 1.93 bits per heavy atom. The van der Waals surface area contributed by atoms with Crippen LogP contribution in [-0.4, -0.2) is 22.1 Å². The first-order chi connectivity index (χ1) is 21.9.